The molecule has 41 heavy (non-hydrogen) atoms. The van der Waals surface area contributed by atoms with Crippen LogP contribution in [0.2, 0.25) is 0 Å². The van der Waals surface area contributed by atoms with Gasteiger partial charge in [0, 0.05) is 63.4 Å². The molecule has 4 heterocycles. The van der Waals surface area contributed by atoms with Crippen molar-refractivity contribution < 1.29 is 19.4 Å². The first-order valence-corrected chi connectivity index (χ1v) is 14.8. The van der Waals surface area contributed by atoms with Gasteiger partial charge in [-0.15, -0.1) is 0 Å². The lowest BCUT2D eigenvalue weighted by Crippen LogP contribution is -2.56. The zero-order valence-electron chi connectivity index (χ0n) is 23.6. The lowest BCUT2D eigenvalue weighted by molar-refractivity contribution is -0.161. The normalized spacial score (nSPS) is 25.7. The predicted octanol–water partition coefficient (Wildman–Crippen LogP) is 3.60. The van der Waals surface area contributed by atoms with Crippen molar-refractivity contribution in [1.29, 1.82) is 0 Å². The molecular weight excluding hydrogens is 516 g/mol. The molecule has 0 unspecified atom stereocenters. The largest absolute Gasteiger partial charge is 0.389 e. The number of piperazine rings is 1. The third-order valence-electron chi connectivity index (χ3n) is 8.57. The van der Waals surface area contributed by atoms with E-state index >= 15 is 0 Å². The Balaban J connectivity index is 1.07. The number of fused-ring (bicyclic) bond motifs is 1. The smallest absolute Gasteiger partial charge is 0.225 e. The summed E-state index contributed by atoms with van der Waals surface area (Å²) in [7, 11) is 0. The molecule has 0 radical (unpaired) electrons. The number of amides is 1. The Hall–Kier alpha value is -3.30. The van der Waals surface area contributed by atoms with E-state index < -0.39 is 6.10 Å². The summed E-state index contributed by atoms with van der Waals surface area (Å²) >= 11 is 0. The van der Waals surface area contributed by atoms with Gasteiger partial charge in [0.1, 0.15) is 0 Å². The number of benzene rings is 2. The molecule has 3 fully saturated rings. The highest BCUT2D eigenvalue weighted by Crippen LogP contribution is 2.30. The highest BCUT2D eigenvalue weighted by molar-refractivity contribution is 5.77. The lowest BCUT2D eigenvalue weighted by Gasteiger charge is -2.45. The summed E-state index contributed by atoms with van der Waals surface area (Å²) in [6.45, 7) is 5.12. The van der Waals surface area contributed by atoms with E-state index in [9.17, 15) is 9.90 Å². The number of rotatable bonds is 6. The molecule has 0 aliphatic carbocycles. The van der Waals surface area contributed by atoms with E-state index in [0.717, 1.165) is 56.7 Å². The second kappa shape index (κ2) is 13.1. The van der Waals surface area contributed by atoms with Crippen molar-refractivity contribution in [2.75, 3.05) is 50.8 Å². The molecule has 8 heteroatoms. The fourth-order valence-corrected chi connectivity index (χ4v) is 6.43. The topological polar surface area (TPSA) is 78.4 Å². The van der Waals surface area contributed by atoms with Crippen molar-refractivity contribution >= 4 is 11.6 Å². The molecule has 0 spiro atoms. The van der Waals surface area contributed by atoms with Gasteiger partial charge in [-0.3, -0.25) is 14.7 Å². The molecule has 1 amide bonds. The van der Waals surface area contributed by atoms with Gasteiger partial charge in [0.25, 0.3) is 0 Å². The number of carbonyl (C=O) groups is 1. The van der Waals surface area contributed by atoms with Gasteiger partial charge in [-0.1, -0.05) is 36.4 Å². The van der Waals surface area contributed by atoms with Crippen LogP contribution in [0.15, 0.2) is 79.1 Å². The third-order valence-corrected chi connectivity index (χ3v) is 8.57. The van der Waals surface area contributed by atoms with E-state index in [0.29, 0.717) is 19.6 Å². The van der Waals surface area contributed by atoms with Gasteiger partial charge in [0.15, 0.2) is 0 Å². The maximum Gasteiger partial charge on any atom is 0.225 e. The lowest BCUT2D eigenvalue weighted by atomic mass is 9.94. The van der Waals surface area contributed by atoms with E-state index in [4.69, 9.17) is 9.47 Å². The first-order chi connectivity index (χ1) is 20.1. The summed E-state index contributed by atoms with van der Waals surface area (Å²) in [6, 6.07) is 23.1. The summed E-state index contributed by atoms with van der Waals surface area (Å²) < 4.78 is 12.4. The number of ether oxygens (including phenoxy) is 2. The molecule has 1 aromatic heterocycles. The van der Waals surface area contributed by atoms with Crippen molar-refractivity contribution in [1.82, 2.24) is 14.8 Å². The van der Waals surface area contributed by atoms with Crippen molar-refractivity contribution in [3.8, 4) is 11.1 Å². The molecule has 0 bridgehead atoms. The molecule has 4 atom stereocenters. The maximum atomic E-state index is 13.2. The number of aliphatic hydroxyl groups is 1. The summed E-state index contributed by atoms with van der Waals surface area (Å²) in [5.41, 5.74) is 4.69. The van der Waals surface area contributed by atoms with Gasteiger partial charge < -0.3 is 24.4 Å². The van der Waals surface area contributed by atoms with Crippen LogP contribution in [0.3, 0.4) is 0 Å². The molecular formula is C33H40N4O4. The number of β-amino-alcohol motifs (C(OH)–C–C–N with tert-alkyl or cyclic N) is 1. The quantitative estimate of drug-likeness (QED) is 0.497. The molecule has 3 aliphatic heterocycles. The standard InChI is InChI=1S/C33H40N4O4/c38-29-22-37(21-25-5-4-6-27(19-25)26-11-13-34-14-12-26)31-10-9-30(41-32(31)24-40-23-29)20-33(39)36-17-15-35(16-18-36)28-7-2-1-3-8-28/h1-8,11-14,19,29-32,38H,9-10,15-18,20-24H2/t29-,30+,31-,32+/m0/s1. The van der Waals surface area contributed by atoms with Gasteiger partial charge >= 0.3 is 0 Å². The van der Waals surface area contributed by atoms with Crippen LogP contribution in [0, 0.1) is 0 Å². The number of aromatic nitrogens is 1. The summed E-state index contributed by atoms with van der Waals surface area (Å²) in [6.07, 6.45) is 4.97. The summed E-state index contributed by atoms with van der Waals surface area (Å²) in [5.74, 6) is 0.174. The number of aliphatic hydroxyl groups excluding tert-OH is 1. The highest BCUT2D eigenvalue weighted by atomic mass is 16.5. The van der Waals surface area contributed by atoms with Crippen LogP contribution < -0.4 is 4.90 Å². The fourth-order valence-electron chi connectivity index (χ4n) is 6.43. The molecule has 3 saturated heterocycles. The van der Waals surface area contributed by atoms with Crippen molar-refractivity contribution in [2.45, 2.75) is 50.2 Å². The molecule has 3 aliphatic rings. The molecule has 0 saturated carbocycles. The Kier molecular flexibility index (Phi) is 8.91. The van der Waals surface area contributed by atoms with Crippen LogP contribution in [-0.2, 0) is 20.8 Å². The molecule has 3 aromatic rings. The average Bonchev–Trinajstić information content (AvgIpc) is 3.01. The SMILES string of the molecule is O=C(C[C@H]1CC[C@H]2[C@@H](COC[C@@H](O)CN2Cc2cccc(-c3ccncc3)c2)O1)N1CCN(c2ccccc2)CC1. The molecule has 2 aromatic carbocycles. The van der Waals surface area contributed by atoms with E-state index in [1.165, 1.54) is 11.3 Å². The van der Waals surface area contributed by atoms with Gasteiger partial charge in [-0.2, -0.15) is 0 Å². The predicted molar refractivity (Wildman–Crippen MR) is 158 cm³/mol. The van der Waals surface area contributed by atoms with Crippen LogP contribution in [0.4, 0.5) is 5.69 Å². The van der Waals surface area contributed by atoms with Crippen molar-refractivity contribution in [2.24, 2.45) is 0 Å². The van der Waals surface area contributed by atoms with Crippen LogP contribution in [0.1, 0.15) is 24.8 Å². The Labute approximate surface area is 242 Å². The van der Waals surface area contributed by atoms with Gasteiger partial charge in [-0.25, -0.2) is 0 Å². The first-order valence-electron chi connectivity index (χ1n) is 14.8. The second-order valence-electron chi connectivity index (χ2n) is 11.4. The Bertz CT molecular complexity index is 1270. The van der Waals surface area contributed by atoms with E-state index in [1.807, 2.05) is 35.5 Å². The fraction of sp³-hybridized carbons (Fsp3) is 0.455. The highest BCUT2D eigenvalue weighted by Gasteiger charge is 2.38. The minimum Gasteiger partial charge on any atom is -0.389 e. The Morgan fingerprint density at radius 1 is 0.902 bits per heavy atom. The molecule has 6 rings (SSSR count). The van der Waals surface area contributed by atoms with Crippen LogP contribution >= 0.6 is 0 Å². The van der Waals surface area contributed by atoms with Crippen molar-refractivity contribution in [3.05, 3.63) is 84.7 Å². The number of hydrogen-bond donors (Lipinski definition) is 1. The van der Waals surface area contributed by atoms with Gasteiger partial charge in [-0.05, 0) is 59.9 Å². The van der Waals surface area contributed by atoms with Crippen LogP contribution in [0.25, 0.3) is 11.1 Å². The average molecular weight is 557 g/mol. The summed E-state index contributed by atoms with van der Waals surface area (Å²) in [4.78, 5) is 24.1. The molecule has 8 nitrogen and oxygen atoms in total. The molecule has 216 valence electrons. The number of pyridine rings is 1. The molecule has 1 N–H and O–H groups in total. The minimum absolute atomic E-state index is 0.110. The van der Waals surface area contributed by atoms with Crippen LogP contribution in [0.5, 0.6) is 0 Å². The zero-order valence-corrected chi connectivity index (χ0v) is 23.6. The first kappa shape index (κ1) is 27.8. The second-order valence-corrected chi connectivity index (χ2v) is 11.4. The third kappa shape index (κ3) is 6.96. The van der Waals surface area contributed by atoms with Crippen molar-refractivity contribution in [3.63, 3.8) is 0 Å². The van der Waals surface area contributed by atoms with Gasteiger partial charge in [0.05, 0.1) is 37.9 Å². The van der Waals surface area contributed by atoms with E-state index in [-0.39, 0.29) is 30.8 Å². The number of nitrogens with zero attached hydrogens (tertiary/aromatic N) is 4. The number of para-hydroxylation sites is 1. The van der Waals surface area contributed by atoms with Crippen LogP contribution in [-0.4, -0.2) is 96.1 Å². The number of carbonyl (C=O) groups excluding carboxylic acids is 1. The summed E-state index contributed by atoms with van der Waals surface area (Å²) in [5, 5.41) is 10.6. The minimum atomic E-state index is -0.548. The van der Waals surface area contributed by atoms with Gasteiger partial charge in [0.2, 0.25) is 5.91 Å². The Morgan fingerprint density at radius 3 is 2.51 bits per heavy atom. The van der Waals surface area contributed by atoms with E-state index in [2.05, 4.69) is 63.3 Å². The Morgan fingerprint density at radius 2 is 1.71 bits per heavy atom. The zero-order chi connectivity index (χ0) is 28.0. The monoisotopic (exact) mass is 556 g/mol. The number of hydrogen-bond acceptors (Lipinski definition) is 7. The maximum absolute atomic E-state index is 13.2. The number of anilines is 1. The van der Waals surface area contributed by atoms with E-state index in [1.54, 1.807) is 0 Å².